The number of carboxylic acids is 1. The van der Waals surface area contributed by atoms with Crippen molar-refractivity contribution in [2.75, 3.05) is 5.32 Å². The second kappa shape index (κ2) is 7.77. The van der Waals surface area contributed by atoms with Gasteiger partial charge in [0.1, 0.15) is 5.82 Å². The molecule has 0 radical (unpaired) electrons. The number of nitrogens with zero attached hydrogens (tertiary/aromatic N) is 1. The van der Waals surface area contributed by atoms with Crippen molar-refractivity contribution in [2.24, 2.45) is 0 Å². The Hall–Kier alpha value is -1.58. The number of carbonyl (C=O) groups is 1. The Morgan fingerprint density at radius 3 is 2.58 bits per heavy atom. The van der Waals surface area contributed by atoms with Gasteiger partial charge in [-0.1, -0.05) is 33.1 Å². The predicted octanol–water partition coefficient (Wildman–Crippen LogP) is 3.86. The van der Waals surface area contributed by atoms with E-state index in [1.54, 1.807) is 19.1 Å². The molecule has 0 amide bonds. The summed E-state index contributed by atoms with van der Waals surface area (Å²) in [6.45, 7) is 6.09. The first-order valence-electron chi connectivity index (χ1n) is 7.06. The number of hydrogen-bond acceptors (Lipinski definition) is 3. The molecule has 0 spiro atoms. The van der Waals surface area contributed by atoms with E-state index in [0.29, 0.717) is 11.7 Å². The fourth-order valence-electron chi connectivity index (χ4n) is 2.16. The molecule has 4 nitrogen and oxygen atoms in total. The maximum absolute atomic E-state index is 10.9. The number of aryl methyl sites for hydroxylation is 1. The van der Waals surface area contributed by atoms with Gasteiger partial charge in [-0.05, 0) is 31.9 Å². The quantitative estimate of drug-likeness (QED) is 0.748. The summed E-state index contributed by atoms with van der Waals surface area (Å²) in [6.07, 6.45) is 5.76. The van der Waals surface area contributed by atoms with Crippen molar-refractivity contribution in [3.8, 4) is 0 Å². The molecule has 106 valence electrons. The van der Waals surface area contributed by atoms with Crippen LogP contribution in [0.4, 0.5) is 5.82 Å². The average Bonchev–Trinajstić information content (AvgIpc) is 2.36. The lowest BCUT2D eigenvalue weighted by Gasteiger charge is -2.19. The van der Waals surface area contributed by atoms with Crippen molar-refractivity contribution >= 4 is 11.8 Å². The monoisotopic (exact) mass is 264 g/mol. The average molecular weight is 264 g/mol. The van der Waals surface area contributed by atoms with Crippen molar-refractivity contribution in [1.29, 1.82) is 0 Å². The molecule has 0 aliphatic heterocycles. The molecule has 1 unspecified atom stereocenters. The van der Waals surface area contributed by atoms with Crippen LogP contribution in [0, 0.1) is 6.92 Å². The maximum atomic E-state index is 10.9. The van der Waals surface area contributed by atoms with E-state index in [4.69, 9.17) is 5.11 Å². The van der Waals surface area contributed by atoms with Crippen LogP contribution in [0.25, 0.3) is 0 Å². The topological polar surface area (TPSA) is 62.2 Å². The molecule has 0 saturated heterocycles. The second-order valence-electron chi connectivity index (χ2n) is 4.91. The van der Waals surface area contributed by atoms with Crippen LogP contribution in [0.1, 0.15) is 62.0 Å². The van der Waals surface area contributed by atoms with Crippen LogP contribution < -0.4 is 5.32 Å². The number of rotatable bonds is 8. The van der Waals surface area contributed by atoms with Gasteiger partial charge < -0.3 is 10.4 Å². The summed E-state index contributed by atoms with van der Waals surface area (Å²) in [5.41, 5.74) is 0.828. The van der Waals surface area contributed by atoms with Crippen LogP contribution in [0.3, 0.4) is 0 Å². The van der Waals surface area contributed by atoms with E-state index >= 15 is 0 Å². The number of unbranched alkanes of at least 4 members (excludes halogenated alkanes) is 1. The Balaban J connectivity index is 2.73. The van der Waals surface area contributed by atoms with Crippen molar-refractivity contribution in [1.82, 2.24) is 4.98 Å². The molecule has 0 aliphatic carbocycles. The number of hydrogen-bond donors (Lipinski definition) is 2. The van der Waals surface area contributed by atoms with Crippen LogP contribution in [-0.4, -0.2) is 22.1 Å². The van der Waals surface area contributed by atoms with Crippen LogP contribution in [0.2, 0.25) is 0 Å². The summed E-state index contributed by atoms with van der Waals surface area (Å²) in [5.74, 6) is -0.148. The predicted molar refractivity (Wildman–Crippen MR) is 77.8 cm³/mol. The lowest BCUT2D eigenvalue weighted by Crippen LogP contribution is -2.20. The third kappa shape index (κ3) is 4.89. The molecule has 1 aromatic rings. The Kier molecular flexibility index (Phi) is 6.33. The third-order valence-corrected chi connectivity index (χ3v) is 3.21. The van der Waals surface area contributed by atoms with Crippen LogP contribution >= 0.6 is 0 Å². The summed E-state index contributed by atoms with van der Waals surface area (Å²) >= 11 is 0. The fourth-order valence-corrected chi connectivity index (χ4v) is 2.16. The number of carboxylic acid groups (broad SMARTS) is 1. The minimum absolute atomic E-state index is 0.270. The zero-order chi connectivity index (χ0) is 14.3. The number of aromatic carboxylic acids is 1. The van der Waals surface area contributed by atoms with E-state index in [9.17, 15) is 4.79 Å². The largest absolute Gasteiger partial charge is 0.478 e. The summed E-state index contributed by atoms with van der Waals surface area (Å²) in [6, 6.07) is 3.80. The van der Waals surface area contributed by atoms with Crippen molar-refractivity contribution in [3.05, 3.63) is 23.4 Å². The highest BCUT2D eigenvalue weighted by Crippen LogP contribution is 2.15. The molecular weight excluding hydrogens is 240 g/mol. The summed E-state index contributed by atoms with van der Waals surface area (Å²) in [4.78, 5) is 15.3. The van der Waals surface area contributed by atoms with E-state index in [-0.39, 0.29) is 5.56 Å². The minimum Gasteiger partial charge on any atom is -0.478 e. The molecule has 0 saturated carbocycles. The van der Waals surface area contributed by atoms with E-state index in [2.05, 4.69) is 24.1 Å². The van der Waals surface area contributed by atoms with Gasteiger partial charge in [-0.2, -0.15) is 0 Å². The first-order chi connectivity index (χ1) is 9.08. The lowest BCUT2D eigenvalue weighted by molar-refractivity contribution is 0.0695. The molecule has 19 heavy (non-hydrogen) atoms. The lowest BCUT2D eigenvalue weighted by atomic mass is 10.1. The Morgan fingerprint density at radius 1 is 1.32 bits per heavy atom. The minimum atomic E-state index is -0.923. The van der Waals surface area contributed by atoms with Crippen LogP contribution in [0.15, 0.2) is 12.1 Å². The zero-order valence-corrected chi connectivity index (χ0v) is 12.1. The Bertz CT molecular complexity index is 419. The number of anilines is 1. The van der Waals surface area contributed by atoms with Gasteiger partial charge in [0.05, 0.1) is 11.3 Å². The standard InChI is InChI=1S/C15H24N2O2/c1-4-6-8-12(7-5-2)17-14-10-9-13(15(18)19)11(3)16-14/h9-10,12H,4-8H2,1-3H3,(H,16,17)(H,18,19). The van der Waals surface area contributed by atoms with Gasteiger partial charge in [-0.15, -0.1) is 0 Å². The molecule has 1 rings (SSSR count). The van der Waals surface area contributed by atoms with Crippen LogP contribution in [-0.2, 0) is 0 Å². The normalized spacial score (nSPS) is 12.2. The Labute approximate surface area is 115 Å². The summed E-state index contributed by atoms with van der Waals surface area (Å²) in [5, 5.41) is 12.4. The molecule has 1 aromatic heterocycles. The van der Waals surface area contributed by atoms with Gasteiger partial charge in [0, 0.05) is 6.04 Å². The van der Waals surface area contributed by atoms with E-state index in [0.717, 1.165) is 25.1 Å². The van der Waals surface area contributed by atoms with Crippen molar-refractivity contribution < 1.29 is 9.90 Å². The third-order valence-electron chi connectivity index (χ3n) is 3.21. The van der Waals surface area contributed by atoms with Gasteiger partial charge >= 0.3 is 5.97 Å². The molecule has 1 atom stereocenters. The summed E-state index contributed by atoms with van der Waals surface area (Å²) in [7, 11) is 0. The number of nitrogens with one attached hydrogen (secondary N) is 1. The molecule has 0 aromatic carbocycles. The molecule has 0 bridgehead atoms. The molecule has 0 fully saturated rings. The van der Waals surface area contributed by atoms with E-state index in [1.807, 2.05) is 0 Å². The fraction of sp³-hybridized carbons (Fsp3) is 0.600. The van der Waals surface area contributed by atoms with Crippen molar-refractivity contribution in [2.45, 2.75) is 58.9 Å². The number of aromatic nitrogens is 1. The van der Waals surface area contributed by atoms with Gasteiger partial charge in [0.25, 0.3) is 0 Å². The first kappa shape index (κ1) is 15.5. The summed E-state index contributed by atoms with van der Waals surface area (Å²) < 4.78 is 0. The van der Waals surface area contributed by atoms with Gasteiger partial charge in [-0.25, -0.2) is 9.78 Å². The molecular formula is C15H24N2O2. The first-order valence-corrected chi connectivity index (χ1v) is 7.06. The molecule has 0 aliphatic rings. The van der Waals surface area contributed by atoms with Gasteiger partial charge in [0.2, 0.25) is 0 Å². The molecule has 1 heterocycles. The van der Waals surface area contributed by atoms with E-state index < -0.39 is 5.97 Å². The second-order valence-corrected chi connectivity index (χ2v) is 4.91. The highest BCUT2D eigenvalue weighted by Gasteiger charge is 2.11. The maximum Gasteiger partial charge on any atom is 0.337 e. The zero-order valence-electron chi connectivity index (χ0n) is 12.1. The van der Waals surface area contributed by atoms with E-state index in [1.165, 1.54) is 12.8 Å². The highest BCUT2D eigenvalue weighted by atomic mass is 16.4. The van der Waals surface area contributed by atoms with Crippen LogP contribution in [0.5, 0.6) is 0 Å². The van der Waals surface area contributed by atoms with Gasteiger partial charge in [0.15, 0.2) is 0 Å². The van der Waals surface area contributed by atoms with Gasteiger partial charge in [-0.3, -0.25) is 0 Å². The van der Waals surface area contributed by atoms with Crippen molar-refractivity contribution in [3.63, 3.8) is 0 Å². The SMILES string of the molecule is CCCCC(CCC)Nc1ccc(C(=O)O)c(C)n1. The Morgan fingerprint density at radius 2 is 2.05 bits per heavy atom. The smallest absolute Gasteiger partial charge is 0.337 e. The highest BCUT2D eigenvalue weighted by molar-refractivity contribution is 5.89. The number of pyridine rings is 1. The molecule has 4 heteroatoms. The molecule has 2 N–H and O–H groups in total.